The first-order chi connectivity index (χ1) is 9.47. The van der Waals surface area contributed by atoms with Gasteiger partial charge in [0.25, 0.3) is 11.6 Å². The van der Waals surface area contributed by atoms with Crippen LogP contribution in [0.15, 0.2) is 18.2 Å². The van der Waals surface area contributed by atoms with Crippen molar-refractivity contribution in [1.29, 1.82) is 0 Å². The summed E-state index contributed by atoms with van der Waals surface area (Å²) in [5.74, 6) is -0.535. The van der Waals surface area contributed by atoms with Gasteiger partial charge < -0.3 is 11.1 Å². The number of nitrogen functional groups attached to an aromatic ring is 1. The fraction of sp³-hybridized carbons (Fsp3) is 0.100. The van der Waals surface area contributed by atoms with Crippen molar-refractivity contribution in [2.24, 2.45) is 0 Å². The first-order valence-corrected chi connectivity index (χ1v) is 6.47. The number of nitro groups is 1. The number of nitrogens with two attached hydrogens (primary N) is 1. The van der Waals surface area contributed by atoms with E-state index in [1.807, 2.05) is 0 Å². The van der Waals surface area contributed by atoms with Crippen molar-refractivity contribution < 1.29 is 9.72 Å². The summed E-state index contributed by atoms with van der Waals surface area (Å²) in [5.41, 5.74) is 5.23. The predicted molar refractivity (Wildman–Crippen MR) is 73.6 cm³/mol. The summed E-state index contributed by atoms with van der Waals surface area (Å²) >= 11 is 6.99. The Hall–Kier alpha value is -2.26. The highest BCUT2D eigenvalue weighted by molar-refractivity contribution is 7.15. The van der Waals surface area contributed by atoms with E-state index in [0.717, 1.165) is 17.4 Å². The van der Waals surface area contributed by atoms with Crippen LogP contribution in [0.3, 0.4) is 0 Å². The number of anilines is 1. The predicted octanol–water partition coefficient (Wildman–Crippen LogP) is 1.61. The molecular formula is C10H8ClN5O3S. The van der Waals surface area contributed by atoms with Crippen molar-refractivity contribution in [3.05, 3.63) is 43.9 Å². The lowest BCUT2D eigenvalue weighted by atomic mass is 10.2. The number of hydrogen-bond acceptors (Lipinski definition) is 7. The average Bonchev–Trinajstić information content (AvgIpc) is 2.82. The Morgan fingerprint density at radius 2 is 2.25 bits per heavy atom. The lowest BCUT2D eigenvalue weighted by molar-refractivity contribution is -0.384. The van der Waals surface area contributed by atoms with Gasteiger partial charge in [-0.15, -0.1) is 10.2 Å². The molecule has 1 aromatic carbocycles. The molecule has 0 radical (unpaired) electrons. The molecule has 10 heteroatoms. The number of nitrogens with one attached hydrogen (secondary N) is 1. The summed E-state index contributed by atoms with van der Waals surface area (Å²) < 4.78 is 0. The highest BCUT2D eigenvalue weighted by Gasteiger charge is 2.16. The first kappa shape index (κ1) is 14.2. The first-order valence-electron chi connectivity index (χ1n) is 5.27. The Bertz CT molecular complexity index is 675. The Balaban J connectivity index is 2.12. The molecule has 0 aliphatic heterocycles. The van der Waals surface area contributed by atoms with Gasteiger partial charge in [-0.05, 0) is 6.07 Å². The number of halogens is 1. The molecule has 8 nitrogen and oxygen atoms in total. The molecule has 0 saturated carbocycles. The van der Waals surface area contributed by atoms with Gasteiger partial charge in [0, 0.05) is 12.1 Å². The normalized spacial score (nSPS) is 10.2. The van der Waals surface area contributed by atoms with Crippen LogP contribution in [0.2, 0.25) is 5.02 Å². The number of non-ortho nitro benzene ring substituents is 1. The maximum absolute atomic E-state index is 11.9. The van der Waals surface area contributed by atoms with Crippen molar-refractivity contribution in [1.82, 2.24) is 15.5 Å². The molecule has 0 aliphatic rings. The minimum absolute atomic E-state index is 0.0263. The molecule has 0 saturated heterocycles. The van der Waals surface area contributed by atoms with Crippen molar-refractivity contribution in [2.75, 3.05) is 5.73 Å². The zero-order valence-electron chi connectivity index (χ0n) is 9.87. The molecule has 2 rings (SSSR count). The molecule has 0 bridgehead atoms. The van der Waals surface area contributed by atoms with Gasteiger partial charge in [0.2, 0.25) is 5.13 Å². The van der Waals surface area contributed by atoms with Gasteiger partial charge in [-0.25, -0.2) is 0 Å². The Labute approximate surface area is 121 Å². The molecule has 1 amide bonds. The Morgan fingerprint density at radius 3 is 2.85 bits per heavy atom. The van der Waals surface area contributed by atoms with Gasteiger partial charge in [0.05, 0.1) is 22.1 Å². The monoisotopic (exact) mass is 313 g/mol. The van der Waals surface area contributed by atoms with E-state index in [0.29, 0.717) is 10.1 Å². The fourth-order valence-electron chi connectivity index (χ4n) is 1.39. The van der Waals surface area contributed by atoms with Crippen LogP contribution in [0.1, 0.15) is 15.4 Å². The molecule has 104 valence electrons. The van der Waals surface area contributed by atoms with Crippen molar-refractivity contribution >= 4 is 39.7 Å². The van der Waals surface area contributed by atoms with Crippen LogP contribution in [-0.4, -0.2) is 21.0 Å². The SMILES string of the molecule is Nc1nnc(CNC(=O)c2cc([N+](=O)[O-])ccc2Cl)s1. The second kappa shape index (κ2) is 5.80. The maximum atomic E-state index is 11.9. The number of benzene rings is 1. The summed E-state index contributed by atoms with van der Waals surface area (Å²) in [6.07, 6.45) is 0. The molecule has 0 spiro atoms. The van der Waals surface area contributed by atoms with Crippen LogP contribution in [0, 0.1) is 10.1 Å². The standard InChI is InChI=1S/C10H8ClN5O3S/c11-7-2-1-5(16(18)19)3-6(7)9(17)13-4-8-14-15-10(12)20-8/h1-3H,4H2,(H2,12,15)(H,13,17). The molecule has 2 aromatic rings. The van der Waals surface area contributed by atoms with Gasteiger partial charge in [0.15, 0.2) is 0 Å². The van der Waals surface area contributed by atoms with Gasteiger partial charge in [-0.3, -0.25) is 14.9 Å². The van der Waals surface area contributed by atoms with Crippen LogP contribution in [0.25, 0.3) is 0 Å². The van der Waals surface area contributed by atoms with E-state index in [1.165, 1.54) is 12.1 Å². The lowest BCUT2D eigenvalue weighted by Crippen LogP contribution is -2.23. The summed E-state index contributed by atoms with van der Waals surface area (Å²) in [6.45, 7) is 0.118. The van der Waals surface area contributed by atoms with Crippen LogP contribution in [-0.2, 0) is 6.54 Å². The van der Waals surface area contributed by atoms with Crippen molar-refractivity contribution in [3.63, 3.8) is 0 Å². The second-order valence-electron chi connectivity index (χ2n) is 3.64. The topological polar surface area (TPSA) is 124 Å². The van der Waals surface area contributed by atoms with E-state index >= 15 is 0 Å². The minimum Gasteiger partial charge on any atom is -0.374 e. The summed E-state index contributed by atoms with van der Waals surface area (Å²) in [6, 6.07) is 3.65. The number of nitrogens with zero attached hydrogens (tertiary/aromatic N) is 3. The highest BCUT2D eigenvalue weighted by Crippen LogP contribution is 2.22. The molecule has 20 heavy (non-hydrogen) atoms. The Morgan fingerprint density at radius 1 is 1.50 bits per heavy atom. The molecule has 0 unspecified atom stereocenters. The summed E-state index contributed by atoms with van der Waals surface area (Å²) in [5, 5.41) is 21.5. The molecule has 1 aromatic heterocycles. The van der Waals surface area contributed by atoms with E-state index in [4.69, 9.17) is 17.3 Å². The zero-order chi connectivity index (χ0) is 14.7. The smallest absolute Gasteiger partial charge is 0.270 e. The van der Waals surface area contributed by atoms with E-state index in [-0.39, 0.29) is 22.8 Å². The molecule has 0 atom stereocenters. The van der Waals surface area contributed by atoms with Gasteiger partial charge >= 0.3 is 0 Å². The number of amides is 1. The van der Waals surface area contributed by atoms with Crippen molar-refractivity contribution in [2.45, 2.75) is 6.54 Å². The number of hydrogen-bond donors (Lipinski definition) is 2. The third-order valence-electron chi connectivity index (χ3n) is 2.29. The fourth-order valence-corrected chi connectivity index (χ4v) is 2.14. The van der Waals surface area contributed by atoms with E-state index in [1.54, 1.807) is 0 Å². The van der Waals surface area contributed by atoms with Crippen molar-refractivity contribution in [3.8, 4) is 0 Å². The van der Waals surface area contributed by atoms with Crippen LogP contribution >= 0.6 is 22.9 Å². The molecule has 0 aliphatic carbocycles. The molecule has 3 N–H and O–H groups in total. The van der Waals surface area contributed by atoms with Crippen LogP contribution < -0.4 is 11.1 Å². The van der Waals surface area contributed by atoms with Gasteiger partial charge in [-0.2, -0.15) is 0 Å². The minimum atomic E-state index is -0.599. The number of carbonyl (C=O) groups is 1. The maximum Gasteiger partial charge on any atom is 0.270 e. The number of aromatic nitrogens is 2. The summed E-state index contributed by atoms with van der Waals surface area (Å²) in [4.78, 5) is 22.0. The molecule has 1 heterocycles. The summed E-state index contributed by atoms with van der Waals surface area (Å²) in [7, 11) is 0. The molecular weight excluding hydrogens is 306 g/mol. The quantitative estimate of drug-likeness (QED) is 0.652. The zero-order valence-corrected chi connectivity index (χ0v) is 11.4. The largest absolute Gasteiger partial charge is 0.374 e. The van der Waals surface area contributed by atoms with E-state index in [2.05, 4.69) is 15.5 Å². The lowest BCUT2D eigenvalue weighted by Gasteiger charge is -2.04. The van der Waals surface area contributed by atoms with E-state index < -0.39 is 10.8 Å². The highest BCUT2D eigenvalue weighted by atomic mass is 35.5. The van der Waals surface area contributed by atoms with Crippen LogP contribution in [0.5, 0.6) is 0 Å². The third kappa shape index (κ3) is 3.19. The Kier molecular flexibility index (Phi) is 4.11. The van der Waals surface area contributed by atoms with Gasteiger partial charge in [-0.1, -0.05) is 22.9 Å². The van der Waals surface area contributed by atoms with Crippen LogP contribution in [0.4, 0.5) is 10.8 Å². The second-order valence-corrected chi connectivity index (χ2v) is 5.14. The number of nitro benzene ring substituents is 1. The average molecular weight is 314 g/mol. The third-order valence-corrected chi connectivity index (χ3v) is 3.37. The number of carbonyl (C=O) groups excluding carboxylic acids is 1. The van der Waals surface area contributed by atoms with Gasteiger partial charge in [0.1, 0.15) is 5.01 Å². The number of rotatable bonds is 4. The molecule has 0 fully saturated rings. The van der Waals surface area contributed by atoms with E-state index in [9.17, 15) is 14.9 Å².